The number of carbonyl (C=O) groups is 10. The molecule has 0 bridgehead atoms. The Morgan fingerprint density at radius 3 is 2.26 bits per heavy atom. The molecule has 5 fully saturated rings. The fraction of sp³-hybridized carbons (Fsp3) is 0.569. The smallest absolute Gasteiger partial charge is 0.410 e. The van der Waals surface area contributed by atoms with Crippen LogP contribution in [0.15, 0.2) is 42.5 Å². The van der Waals surface area contributed by atoms with Gasteiger partial charge in [-0.1, -0.05) is 44.5 Å². The molecular weight excluding hydrogens is 1260 g/mol. The number of rotatable bonds is 24. The number of carbonyl (C=O) groups excluding carboxylic acids is 10. The molecule has 0 radical (unpaired) electrons. The Balaban J connectivity index is 0.751. The van der Waals surface area contributed by atoms with Crippen molar-refractivity contribution in [2.45, 2.75) is 158 Å². The molecule has 2 aliphatic carbocycles. The number of ether oxygens (including phenoxy) is 7. The Labute approximate surface area is 552 Å². The largest absolute Gasteiger partial charge is 0.507 e. The number of phenolic OH excluding ortho intramolecular Hbond substituents is 2. The van der Waals surface area contributed by atoms with Crippen LogP contribution in [0.2, 0.25) is 0 Å². The number of primary amides is 1. The summed E-state index contributed by atoms with van der Waals surface area (Å²) in [5.74, 6) is -6.05. The predicted octanol–water partition coefficient (Wildman–Crippen LogP) is 2.69. The van der Waals surface area contributed by atoms with Crippen molar-refractivity contribution in [3.63, 3.8) is 0 Å². The number of phenols is 2. The minimum Gasteiger partial charge on any atom is -0.507 e. The van der Waals surface area contributed by atoms with Gasteiger partial charge in [0.15, 0.2) is 24.6 Å². The summed E-state index contributed by atoms with van der Waals surface area (Å²) in [5, 5.41) is 47.6. The minimum atomic E-state index is -2.34. The van der Waals surface area contributed by atoms with Crippen molar-refractivity contribution < 1.29 is 96.4 Å². The van der Waals surface area contributed by atoms with Crippen molar-refractivity contribution in [2.24, 2.45) is 11.7 Å². The Morgan fingerprint density at radius 2 is 1.58 bits per heavy atom. The molecule has 3 aromatic carbocycles. The number of benzene rings is 3. The third-order valence-electron chi connectivity index (χ3n) is 18.6. The Hall–Kier alpha value is -7.97. The number of hydrogen-bond donors (Lipinski definition) is 8. The predicted molar refractivity (Wildman–Crippen MR) is 338 cm³/mol. The van der Waals surface area contributed by atoms with E-state index in [-0.39, 0.29) is 141 Å². The van der Waals surface area contributed by atoms with E-state index < -0.39 is 132 Å². The number of thioether (sulfide) groups is 1. The third-order valence-corrected chi connectivity index (χ3v) is 19.6. The number of nitrogens with zero attached hydrogens (tertiary/aromatic N) is 4. The van der Waals surface area contributed by atoms with Crippen LogP contribution in [0.25, 0.3) is 0 Å². The summed E-state index contributed by atoms with van der Waals surface area (Å²) in [7, 11) is 2.85. The first-order valence-electron chi connectivity index (χ1n) is 32.0. The molecule has 7 aliphatic rings. The molecule has 0 saturated carbocycles. The van der Waals surface area contributed by atoms with E-state index in [1.165, 1.54) is 58.9 Å². The van der Waals surface area contributed by atoms with Gasteiger partial charge in [0, 0.05) is 113 Å². The van der Waals surface area contributed by atoms with Gasteiger partial charge in [0.2, 0.25) is 35.3 Å². The van der Waals surface area contributed by atoms with E-state index in [1.807, 2.05) is 6.92 Å². The van der Waals surface area contributed by atoms with E-state index in [2.05, 4.69) is 26.2 Å². The van der Waals surface area contributed by atoms with Gasteiger partial charge in [0.1, 0.15) is 47.6 Å². The summed E-state index contributed by atoms with van der Waals surface area (Å²) in [5.41, 5.74) is 2.31. The van der Waals surface area contributed by atoms with Gasteiger partial charge in [-0.2, -0.15) is 11.8 Å². The molecule has 3 aromatic rings. The molecule has 29 nitrogen and oxygen atoms in total. The first kappa shape index (κ1) is 69.8. The highest BCUT2D eigenvalue weighted by molar-refractivity contribution is 8.00. The van der Waals surface area contributed by atoms with Crippen LogP contribution in [0.3, 0.4) is 0 Å². The van der Waals surface area contributed by atoms with Crippen LogP contribution in [-0.4, -0.2) is 227 Å². The summed E-state index contributed by atoms with van der Waals surface area (Å²) in [6.07, 6.45) is -2.28. The van der Waals surface area contributed by atoms with E-state index >= 15 is 0 Å². The van der Waals surface area contributed by atoms with Crippen molar-refractivity contribution in [2.75, 3.05) is 78.2 Å². The number of fused-ring (bicyclic) bond motifs is 6. The monoisotopic (exact) mass is 1340 g/mol. The lowest BCUT2D eigenvalue weighted by atomic mass is 9.72. The normalized spacial score (nSPS) is 25.4. The molecule has 5 aliphatic heterocycles. The number of imide groups is 1. The number of hydrogen-bond acceptors (Lipinski definition) is 22. The van der Waals surface area contributed by atoms with E-state index in [4.69, 9.17) is 38.9 Å². The van der Waals surface area contributed by atoms with Gasteiger partial charge >= 0.3 is 12.1 Å². The molecule has 9 amide bonds. The number of amides is 9. The number of ketones is 2. The number of nitrogens with two attached hydrogens (primary N) is 1. The van der Waals surface area contributed by atoms with Crippen LogP contribution in [-0.2, 0) is 70.2 Å². The van der Waals surface area contributed by atoms with Crippen molar-refractivity contribution in [1.29, 1.82) is 0 Å². The Morgan fingerprint density at radius 1 is 0.853 bits per heavy atom. The molecule has 30 heteroatoms. The maximum atomic E-state index is 14.8. The van der Waals surface area contributed by atoms with Crippen LogP contribution in [0.1, 0.15) is 133 Å². The topological polar surface area (TPSA) is 383 Å². The molecule has 0 spiro atoms. The van der Waals surface area contributed by atoms with Crippen LogP contribution in [0.4, 0.5) is 15.3 Å². The second-order valence-electron chi connectivity index (χ2n) is 25.1. The zero-order valence-electron chi connectivity index (χ0n) is 53.9. The molecule has 514 valence electrons. The highest BCUT2D eigenvalue weighted by atomic mass is 32.2. The van der Waals surface area contributed by atoms with Gasteiger partial charge in [-0.25, -0.2) is 9.59 Å². The summed E-state index contributed by atoms with van der Waals surface area (Å²) in [6.45, 7) is 6.24. The number of anilines is 1. The number of likely N-dealkylation sites (tertiary alicyclic amines) is 1. The minimum absolute atomic E-state index is 0.0134. The van der Waals surface area contributed by atoms with E-state index in [0.717, 1.165) is 0 Å². The summed E-state index contributed by atoms with van der Waals surface area (Å²) >= 11 is 1.34. The molecule has 10 rings (SSSR count). The molecule has 11 atom stereocenters. The van der Waals surface area contributed by atoms with Crippen LogP contribution in [0.5, 0.6) is 17.2 Å². The number of aromatic hydroxyl groups is 2. The number of unbranched alkanes of at least 4 members (excludes halogenated alkanes) is 2. The highest BCUT2D eigenvalue weighted by Gasteiger charge is 2.56. The zero-order chi connectivity index (χ0) is 68.2. The van der Waals surface area contributed by atoms with Gasteiger partial charge in [0.25, 0.3) is 5.91 Å². The molecule has 0 aromatic heterocycles. The number of methoxy groups -OCH3 is 2. The van der Waals surface area contributed by atoms with Crippen molar-refractivity contribution in [3.05, 3.63) is 81.4 Å². The number of nitrogens with one attached hydrogen (secondary N) is 4. The first-order chi connectivity index (χ1) is 45.4. The number of morpholine rings is 1. The first-order valence-corrected chi connectivity index (χ1v) is 33.3. The van der Waals surface area contributed by atoms with Crippen molar-refractivity contribution >= 4 is 76.6 Å². The standard InChI is InChI=1S/C65H83N9O20S/c1-33(2)51(70-44(75)15-8-7-9-21-74-45(76)29-43(95-6)59(74)83)58(82)69-39(13-11-20-67-63(66)85)57(81)68-36-18-16-35(17-19-36)32-91-64(86)72-24-22-71(23-25-72)62(84)65(87)30-38-48(55(80)50-49(53(38)78)52(77)37-12-10-14-41(88-4)47(37)54(50)79)42(31-65)93-46-28-40-56(34(3)92-46)94-60-61(89-5)90-27-26-73(40)60/h10,12,14,16-19,33-34,39-40,42-43,46,51,56,60-61,78,80,87H,7-9,11,13,15,20-32H2,1-6H3,(H,68,81)(H,69,82)(H,70,75)(H3,66,67,85)/t34-,39-,40-,42-,43?,46-,51-,56+,60+,61-,65-/m0/s1. The fourth-order valence-corrected chi connectivity index (χ4v) is 14.3. The molecule has 1 unspecified atom stereocenters. The zero-order valence-corrected chi connectivity index (χ0v) is 54.7. The second kappa shape index (κ2) is 30.0. The average Bonchev–Trinajstić information content (AvgIpc) is 1.02. The molecule has 5 heterocycles. The lowest BCUT2D eigenvalue weighted by Crippen LogP contribution is -2.59. The second-order valence-corrected chi connectivity index (χ2v) is 26.2. The SMILES string of the molecule is COc1cccc2c1C(=O)c1c(O)c3c(c(O)c1C2=O)C[C@@](O)(C(=O)N1CCN(C(=O)OCc2ccc(NC(=O)[C@H](CCCNC(N)=O)NC(=O)[C@@H](NC(=O)CCCCCN4C(=O)CC(SC)C4=O)C(C)C)cc2)CC1)C[C@@H]3O[C@H]1C[C@H]2[C@H](O[C@@H]3[C@@H](OC)OCCN32)[C@H](C)O1. The van der Waals surface area contributed by atoms with Gasteiger partial charge in [-0.15, -0.1) is 0 Å². The maximum absolute atomic E-state index is 14.8. The average molecular weight is 1340 g/mol. The molecule has 9 N–H and O–H groups in total. The van der Waals surface area contributed by atoms with Crippen molar-refractivity contribution in [1.82, 2.24) is 35.6 Å². The quantitative estimate of drug-likeness (QED) is 0.0284. The molecule has 5 saturated heterocycles. The Bertz CT molecular complexity index is 3460. The lowest BCUT2D eigenvalue weighted by molar-refractivity contribution is -0.256. The van der Waals surface area contributed by atoms with E-state index in [0.29, 0.717) is 43.7 Å². The van der Waals surface area contributed by atoms with E-state index in [9.17, 15) is 63.3 Å². The van der Waals surface area contributed by atoms with Crippen LogP contribution < -0.4 is 31.7 Å². The summed E-state index contributed by atoms with van der Waals surface area (Å²) in [6, 6.07) is 7.64. The van der Waals surface area contributed by atoms with Gasteiger partial charge in [0.05, 0.1) is 47.9 Å². The summed E-state index contributed by atoms with van der Waals surface area (Å²) < 4.78 is 42.0. The number of urea groups is 1. The lowest BCUT2D eigenvalue weighted by Gasteiger charge is -2.45. The molecular formula is C65H83N9O20S. The van der Waals surface area contributed by atoms with E-state index in [1.54, 1.807) is 44.4 Å². The number of piperazine rings is 1. The third kappa shape index (κ3) is 14.9. The van der Waals surface area contributed by atoms with Crippen LogP contribution >= 0.6 is 11.8 Å². The van der Waals surface area contributed by atoms with Crippen molar-refractivity contribution in [3.8, 4) is 17.2 Å². The fourth-order valence-electron chi connectivity index (χ4n) is 13.7. The van der Waals surface area contributed by atoms with Gasteiger partial charge < -0.3 is 85.3 Å². The Kier molecular flexibility index (Phi) is 22.0. The highest BCUT2D eigenvalue weighted by Crippen LogP contribution is 2.53. The van der Waals surface area contributed by atoms with Crippen LogP contribution in [0, 0.1) is 5.92 Å². The number of aliphatic hydroxyl groups is 1. The summed E-state index contributed by atoms with van der Waals surface area (Å²) in [4.78, 5) is 140. The van der Waals surface area contributed by atoms with Gasteiger partial charge in [-0.3, -0.25) is 48.2 Å². The van der Waals surface area contributed by atoms with Gasteiger partial charge in [-0.05, 0) is 68.5 Å². The maximum Gasteiger partial charge on any atom is 0.410 e. The molecule has 95 heavy (non-hydrogen) atoms.